The monoisotopic (exact) mass is 695 g/mol. The molecule has 0 spiro atoms. The summed E-state index contributed by atoms with van der Waals surface area (Å²) in [5.41, 5.74) is -1.94. The standard InChI is InChI=1S/C36H45N3O9S/c1-5-23-19-36(23,34(43)38-49(44,45)26-10-11-26)20-30(40)29-17-25-21-39(29)33(42)28(35(2,3)4)18-31(41)47-15-7-6-14-46-24-9-8-22-12-13-37-32(48-25)27(22)16-24/h5,8-9,12-13,16,23,25-26,28-29H,1,6-7,10-11,14-15,17-21H2,2-4H3,(H,38,43)/t23-,25-,28-,29?,36-/m1/s1. The number of benzene rings is 1. The number of ether oxygens (including phenoxy) is 3. The first kappa shape index (κ1) is 34.8. The van der Waals surface area contributed by atoms with Crippen LogP contribution in [0.2, 0.25) is 0 Å². The van der Waals surface area contributed by atoms with E-state index in [1.165, 1.54) is 4.90 Å². The lowest BCUT2D eigenvalue weighted by Gasteiger charge is -2.34. The first-order valence-corrected chi connectivity index (χ1v) is 18.6. The summed E-state index contributed by atoms with van der Waals surface area (Å²) in [6.45, 7) is 10.1. The number of rotatable bonds is 7. The predicted molar refractivity (Wildman–Crippen MR) is 180 cm³/mol. The number of hydrogen-bond acceptors (Lipinski definition) is 10. The lowest BCUT2D eigenvalue weighted by Crippen LogP contribution is -2.48. The zero-order valence-corrected chi connectivity index (χ0v) is 29.1. The smallest absolute Gasteiger partial charge is 0.306 e. The molecule has 3 heterocycles. The number of amides is 2. The number of ketones is 1. The molecule has 5 atom stereocenters. The molecule has 2 saturated carbocycles. The van der Waals surface area contributed by atoms with Gasteiger partial charge in [0.05, 0.1) is 48.8 Å². The van der Waals surface area contributed by atoms with Crippen molar-refractivity contribution in [2.75, 3.05) is 19.8 Å². The van der Waals surface area contributed by atoms with E-state index >= 15 is 0 Å². The highest BCUT2D eigenvalue weighted by Gasteiger charge is 2.61. The minimum Gasteiger partial charge on any atom is -0.494 e. The Labute approximate surface area is 287 Å². The first-order chi connectivity index (χ1) is 23.2. The van der Waals surface area contributed by atoms with Crippen LogP contribution in [0.5, 0.6) is 11.6 Å². The molecule has 12 nitrogen and oxygen atoms in total. The summed E-state index contributed by atoms with van der Waals surface area (Å²) >= 11 is 0. The molecule has 2 amide bonds. The number of nitrogens with zero attached hydrogens (tertiary/aromatic N) is 2. The Kier molecular flexibility index (Phi) is 9.51. The van der Waals surface area contributed by atoms with E-state index in [-0.39, 0.29) is 56.4 Å². The number of esters is 1. The van der Waals surface area contributed by atoms with Crippen LogP contribution in [0.1, 0.15) is 72.1 Å². The Morgan fingerprint density at radius 3 is 2.53 bits per heavy atom. The Hall–Kier alpha value is -4.00. The summed E-state index contributed by atoms with van der Waals surface area (Å²) in [4.78, 5) is 61.2. The number of Topliss-reactive ketones (excluding diaryl/α,β-unsaturated/α-hetero) is 1. The summed E-state index contributed by atoms with van der Waals surface area (Å²) in [6, 6.07) is 6.49. The quantitative estimate of drug-likeness (QED) is 0.330. The molecule has 1 aromatic carbocycles. The van der Waals surface area contributed by atoms with Crippen molar-refractivity contribution in [2.45, 2.75) is 89.5 Å². The number of aromatic nitrogens is 1. The Morgan fingerprint density at radius 2 is 1.86 bits per heavy atom. The van der Waals surface area contributed by atoms with Crippen molar-refractivity contribution in [1.82, 2.24) is 14.6 Å². The molecule has 1 unspecified atom stereocenters. The van der Waals surface area contributed by atoms with Gasteiger partial charge < -0.3 is 19.1 Å². The van der Waals surface area contributed by atoms with Gasteiger partial charge in [0, 0.05) is 24.4 Å². The fourth-order valence-corrected chi connectivity index (χ4v) is 8.36. The molecule has 4 bridgehead atoms. The number of fused-ring (bicyclic) bond motifs is 3. The average molecular weight is 696 g/mol. The van der Waals surface area contributed by atoms with Gasteiger partial charge >= 0.3 is 5.97 Å². The minimum absolute atomic E-state index is 0.0469. The zero-order chi connectivity index (χ0) is 35.1. The van der Waals surface area contributed by atoms with Gasteiger partial charge in [0.25, 0.3) is 0 Å². The molecular weight excluding hydrogens is 650 g/mol. The van der Waals surface area contributed by atoms with Crippen LogP contribution >= 0.6 is 0 Å². The van der Waals surface area contributed by atoms with E-state index in [4.69, 9.17) is 14.2 Å². The minimum atomic E-state index is -3.84. The highest BCUT2D eigenvalue weighted by molar-refractivity contribution is 7.90. The normalized spacial score (nSPS) is 28.1. The third-order valence-electron chi connectivity index (χ3n) is 10.2. The van der Waals surface area contributed by atoms with E-state index in [1.807, 2.05) is 45.0 Å². The fraction of sp³-hybridized carbons (Fsp3) is 0.583. The van der Waals surface area contributed by atoms with E-state index in [0.29, 0.717) is 43.9 Å². The summed E-state index contributed by atoms with van der Waals surface area (Å²) in [5, 5.41) is 0.994. The number of hydrogen-bond donors (Lipinski definition) is 1. The van der Waals surface area contributed by atoms with Crippen molar-refractivity contribution in [2.24, 2.45) is 22.7 Å². The number of allylic oxidation sites excluding steroid dienone is 1. The maximum absolute atomic E-state index is 14.4. The van der Waals surface area contributed by atoms with Crippen molar-refractivity contribution in [1.29, 1.82) is 0 Å². The van der Waals surface area contributed by atoms with Gasteiger partial charge in [-0.25, -0.2) is 13.4 Å². The van der Waals surface area contributed by atoms with Crippen molar-refractivity contribution in [3.8, 4) is 11.6 Å². The topological polar surface area (TPSA) is 158 Å². The molecule has 2 aromatic rings. The molecule has 1 N–H and O–H groups in total. The number of cyclic esters (lactones) is 1. The average Bonchev–Trinajstić information content (AvgIpc) is 3.97. The van der Waals surface area contributed by atoms with Crippen molar-refractivity contribution >= 4 is 44.4 Å². The largest absolute Gasteiger partial charge is 0.494 e. The second-order valence-electron chi connectivity index (χ2n) is 14.9. The molecule has 1 saturated heterocycles. The summed E-state index contributed by atoms with van der Waals surface area (Å²) in [6.07, 6.45) is 4.73. The van der Waals surface area contributed by atoms with Crippen LogP contribution in [0.25, 0.3) is 10.8 Å². The second-order valence-corrected chi connectivity index (χ2v) is 16.9. The number of pyridine rings is 1. The number of carbonyl (C=O) groups is 4. The van der Waals surface area contributed by atoms with Crippen molar-refractivity contribution in [3.05, 3.63) is 43.1 Å². The lowest BCUT2D eigenvalue weighted by atomic mass is 9.77. The predicted octanol–water partition coefficient (Wildman–Crippen LogP) is 4.11. The molecule has 6 rings (SSSR count). The van der Waals surface area contributed by atoms with E-state index in [0.717, 1.165) is 10.8 Å². The maximum atomic E-state index is 14.4. The van der Waals surface area contributed by atoms with Crippen LogP contribution in [0.15, 0.2) is 43.1 Å². The van der Waals surface area contributed by atoms with Gasteiger partial charge in [-0.1, -0.05) is 32.9 Å². The van der Waals surface area contributed by atoms with Crippen molar-refractivity contribution in [3.63, 3.8) is 0 Å². The van der Waals surface area contributed by atoms with Gasteiger partial charge in [0.15, 0.2) is 5.78 Å². The van der Waals surface area contributed by atoms with Crippen LogP contribution in [-0.4, -0.2) is 79.0 Å². The van der Waals surface area contributed by atoms with Gasteiger partial charge in [-0.05, 0) is 67.0 Å². The van der Waals surface area contributed by atoms with E-state index in [1.54, 1.807) is 12.3 Å². The molecule has 49 heavy (non-hydrogen) atoms. The number of carbonyl (C=O) groups excluding carboxylic acids is 4. The number of nitrogens with one attached hydrogen (secondary N) is 1. The molecule has 264 valence electrons. The van der Waals surface area contributed by atoms with Crippen LogP contribution in [0.4, 0.5) is 0 Å². The molecule has 4 aliphatic rings. The van der Waals surface area contributed by atoms with Gasteiger partial charge in [0.2, 0.25) is 27.7 Å². The van der Waals surface area contributed by atoms with Gasteiger partial charge in [-0.3, -0.25) is 23.9 Å². The first-order valence-electron chi connectivity index (χ1n) is 17.1. The second kappa shape index (κ2) is 13.4. The molecular formula is C36H45N3O9S. The van der Waals surface area contributed by atoms with Crippen LogP contribution in [0, 0.1) is 22.7 Å². The van der Waals surface area contributed by atoms with Gasteiger partial charge in [-0.2, -0.15) is 0 Å². The third-order valence-corrected chi connectivity index (χ3v) is 12.1. The molecule has 0 radical (unpaired) electrons. The van der Waals surface area contributed by atoms with Crippen molar-refractivity contribution < 1.29 is 41.8 Å². The molecule has 1 aromatic heterocycles. The molecule has 2 aliphatic heterocycles. The van der Waals surface area contributed by atoms with E-state index < -0.39 is 56.0 Å². The lowest BCUT2D eigenvalue weighted by molar-refractivity contribution is -0.153. The van der Waals surface area contributed by atoms with Crippen LogP contribution < -0.4 is 14.2 Å². The SMILES string of the molecule is C=C[C@@H]1C[C@]1(CC(=O)C1C[C@@H]2CN1C(=O)[C@H](C(C)(C)C)CC(=O)OCCCCOc1ccc3ccnc(c3c1)O2)C(=O)NS(=O)(=O)C1CC1. The molecule has 2 aliphatic carbocycles. The van der Waals surface area contributed by atoms with Gasteiger partial charge in [0.1, 0.15) is 11.9 Å². The van der Waals surface area contributed by atoms with Crippen LogP contribution in [-0.2, 0) is 33.9 Å². The Morgan fingerprint density at radius 1 is 1.12 bits per heavy atom. The van der Waals surface area contributed by atoms with Crippen LogP contribution in [0.3, 0.4) is 0 Å². The molecule has 13 heteroatoms. The third kappa shape index (κ3) is 7.46. The van der Waals surface area contributed by atoms with Gasteiger partial charge in [-0.15, -0.1) is 6.58 Å². The highest BCUT2D eigenvalue weighted by Crippen LogP contribution is 2.57. The number of sulfonamides is 1. The maximum Gasteiger partial charge on any atom is 0.306 e. The fourth-order valence-electron chi connectivity index (χ4n) is 6.97. The highest BCUT2D eigenvalue weighted by atomic mass is 32.2. The zero-order valence-electron chi connectivity index (χ0n) is 28.3. The molecule has 3 fully saturated rings. The summed E-state index contributed by atoms with van der Waals surface area (Å²) in [7, 11) is -3.84. The Balaban J connectivity index is 1.32. The summed E-state index contributed by atoms with van der Waals surface area (Å²) in [5.74, 6) is -2.23. The Bertz CT molecular complexity index is 1770. The van der Waals surface area contributed by atoms with E-state index in [9.17, 15) is 27.6 Å². The summed E-state index contributed by atoms with van der Waals surface area (Å²) < 4.78 is 45.5. The van der Waals surface area contributed by atoms with E-state index in [2.05, 4.69) is 16.3 Å².